The molecule has 0 saturated heterocycles. The van der Waals surface area contributed by atoms with Crippen LogP contribution in [-0.4, -0.2) is 0 Å². The molecule has 0 bridgehead atoms. The van der Waals surface area contributed by atoms with Crippen molar-refractivity contribution in [2.45, 2.75) is 38.0 Å². The summed E-state index contributed by atoms with van der Waals surface area (Å²) in [7, 11) is 0. The minimum atomic E-state index is 0.630. The molecular weight excluding hydrogens is 297 g/mol. The second-order valence-corrected chi connectivity index (χ2v) is 6.63. The molecule has 0 aliphatic heterocycles. The molecule has 0 amide bonds. The van der Waals surface area contributed by atoms with E-state index in [1.54, 1.807) is 6.08 Å². The topological polar surface area (TPSA) is 23.8 Å². The van der Waals surface area contributed by atoms with Crippen LogP contribution in [0, 0.1) is 17.2 Å². The summed E-state index contributed by atoms with van der Waals surface area (Å²) in [5.74, 6) is 1.27. The Morgan fingerprint density at radius 1 is 0.917 bits per heavy atom. The number of allylic oxidation sites excluding steroid dienone is 1. The Balaban J connectivity index is 1.63. The molecule has 1 fully saturated rings. The molecule has 2 aromatic rings. The van der Waals surface area contributed by atoms with Crippen molar-refractivity contribution in [1.29, 1.82) is 5.26 Å². The van der Waals surface area contributed by atoms with E-state index in [0.29, 0.717) is 23.7 Å². The van der Waals surface area contributed by atoms with Gasteiger partial charge in [-0.1, -0.05) is 42.5 Å². The summed E-state index contributed by atoms with van der Waals surface area (Å²) in [5.41, 5.74) is 4.42. The zero-order valence-electron chi connectivity index (χ0n) is 13.8. The Bertz CT molecular complexity index is 714. The molecule has 2 heteroatoms. The quantitative estimate of drug-likeness (QED) is 0.642. The van der Waals surface area contributed by atoms with Gasteiger partial charge in [-0.15, -0.1) is 0 Å². The normalized spacial score (nSPS) is 20.8. The summed E-state index contributed by atoms with van der Waals surface area (Å²) in [6.07, 6.45) is 7.97. The Hall–Kier alpha value is -2.40. The van der Waals surface area contributed by atoms with Gasteiger partial charge in [-0.3, -0.25) is 0 Å². The Labute approximate surface area is 143 Å². The number of hydrogen-bond donors (Lipinski definition) is 0. The van der Waals surface area contributed by atoms with Gasteiger partial charge in [0.15, 0.2) is 0 Å². The van der Waals surface area contributed by atoms with Crippen molar-refractivity contribution in [2.24, 2.45) is 5.92 Å². The fourth-order valence-electron chi connectivity index (χ4n) is 3.66. The number of nitrogens with zero attached hydrogens (tertiary/aromatic N) is 1. The van der Waals surface area contributed by atoms with Gasteiger partial charge < -0.3 is 0 Å². The van der Waals surface area contributed by atoms with Crippen LogP contribution in [0.1, 0.15) is 49.1 Å². The molecule has 0 heterocycles. The molecule has 1 aliphatic rings. The van der Waals surface area contributed by atoms with E-state index in [2.05, 4.69) is 30.3 Å². The molecule has 1 saturated carbocycles. The number of halogens is 1. The van der Waals surface area contributed by atoms with Crippen molar-refractivity contribution in [3.63, 3.8) is 0 Å². The highest BCUT2D eigenvalue weighted by Crippen LogP contribution is 2.37. The summed E-state index contributed by atoms with van der Waals surface area (Å²) in [5, 5.41) is 8.87. The fraction of sp³-hybridized carbons (Fsp3) is 0.318. The Morgan fingerprint density at radius 2 is 1.50 bits per heavy atom. The number of rotatable bonds is 4. The molecule has 122 valence electrons. The monoisotopic (exact) mass is 319 g/mol. The lowest BCUT2D eigenvalue weighted by Crippen LogP contribution is -2.12. The van der Waals surface area contributed by atoms with Crippen LogP contribution in [0.15, 0.2) is 60.9 Å². The molecule has 1 nitrogen and oxygen atoms in total. The van der Waals surface area contributed by atoms with Crippen molar-refractivity contribution in [3.05, 3.63) is 72.1 Å². The van der Waals surface area contributed by atoms with Crippen LogP contribution in [0.2, 0.25) is 0 Å². The zero-order chi connectivity index (χ0) is 16.8. The van der Waals surface area contributed by atoms with Gasteiger partial charge in [0, 0.05) is 0 Å². The molecule has 0 atom stereocenters. The molecular formula is C22H22FN. The molecule has 0 radical (unpaired) electrons. The lowest BCUT2D eigenvalue weighted by molar-refractivity contribution is 0.327. The number of hydrogen-bond acceptors (Lipinski definition) is 1. The third kappa shape index (κ3) is 3.92. The predicted octanol–water partition coefficient (Wildman–Crippen LogP) is 6.37. The lowest BCUT2D eigenvalue weighted by atomic mass is 9.77. The van der Waals surface area contributed by atoms with E-state index < -0.39 is 0 Å². The molecule has 3 rings (SSSR count). The average Bonchev–Trinajstić information content (AvgIpc) is 2.67. The van der Waals surface area contributed by atoms with Crippen molar-refractivity contribution in [2.75, 3.05) is 0 Å². The average molecular weight is 319 g/mol. The minimum absolute atomic E-state index is 0.630. The van der Waals surface area contributed by atoms with Gasteiger partial charge in [-0.05, 0) is 72.8 Å². The molecule has 0 unspecified atom stereocenters. The maximum Gasteiger partial charge on any atom is 0.0991 e. The molecule has 0 spiro atoms. The van der Waals surface area contributed by atoms with E-state index in [9.17, 15) is 4.39 Å². The first-order chi connectivity index (χ1) is 11.8. The van der Waals surface area contributed by atoms with E-state index in [0.717, 1.165) is 12.0 Å². The van der Waals surface area contributed by atoms with Gasteiger partial charge in [-0.25, -0.2) is 4.39 Å². The maximum absolute atomic E-state index is 12.1. The lowest BCUT2D eigenvalue weighted by Gasteiger charge is -2.28. The maximum atomic E-state index is 12.1. The first-order valence-electron chi connectivity index (χ1n) is 8.66. The minimum Gasteiger partial charge on any atom is -0.216 e. The van der Waals surface area contributed by atoms with Crippen molar-refractivity contribution in [1.82, 2.24) is 0 Å². The smallest absolute Gasteiger partial charge is 0.0991 e. The first kappa shape index (κ1) is 16.5. The van der Waals surface area contributed by atoms with Crippen molar-refractivity contribution in [3.8, 4) is 17.2 Å². The highest BCUT2D eigenvalue weighted by Gasteiger charge is 2.21. The number of nitriles is 1. The first-order valence-corrected chi connectivity index (χ1v) is 8.66. The van der Waals surface area contributed by atoms with E-state index >= 15 is 0 Å². The largest absolute Gasteiger partial charge is 0.216 e. The second kappa shape index (κ2) is 7.93. The second-order valence-electron chi connectivity index (χ2n) is 6.63. The molecule has 2 aromatic carbocycles. The van der Waals surface area contributed by atoms with Gasteiger partial charge >= 0.3 is 0 Å². The van der Waals surface area contributed by atoms with E-state index in [-0.39, 0.29) is 0 Å². The molecule has 24 heavy (non-hydrogen) atoms. The van der Waals surface area contributed by atoms with Crippen LogP contribution in [0.5, 0.6) is 0 Å². The summed E-state index contributed by atoms with van der Waals surface area (Å²) < 4.78 is 12.1. The summed E-state index contributed by atoms with van der Waals surface area (Å²) in [6.45, 7) is 0. The summed E-state index contributed by atoms with van der Waals surface area (Å²) in [4.78, 5) is 0. The van der Waals surface area contributed by atoms with Crippen molar-refractivity contribution >= 4 is 0 Å². The van der Waals surface area contributed by atoms with Crippen LogP contribution < -0.4 is 0 Å². The third-order valence-corrected chi connectivity index (χ3v) is 5.13. The SMILES string of the molecule is N#Cc1ccc(-c2ccc(C3CCC(CC=CF)CC3)cc2)cc1. The Morgan fingerprint density at radius 3 is 2.04 bits per heavy atom. The van der Waals surface area contributed by atoms with Crippen LogP contribution in [-0.2, 0) is 0 Å². The van der Waals surface area contributed by atoms with Gasteiger partial charge in [0.2, 0.25) is 0 Å². The number of benzene rings is 2. The summed E-state index contributed by atoms with van der Waals surface area (Å²) >= 11 is 0. The van der Waals surface area contributed by atoms with Gasteiger partial charge in [0.1, 0.15) is 0 Å². The zero-order valence-corrected chi connectivity index (χ0v) is 13.8. The van der Waals surface area contributed by atoms with Crippen LogP contribution in [0.4, 0.5) is 4.39 Å². The standard InChI is InChI=1S/C22H22FN/c23-15-1-2-17-3-7-19(8-4-17)21-11-13-22(14-12-21)20-9-5-18(16-24)6-10-20/h1,5-6,9-15,17,19H,2-4,7-8H2. The van der Waals surface area contributed by atoms with Gasteiger partial charge in [0.25, 0.3) is 0 Å². The highest BCUT2D eigenvalue weighted by atomic mass is 19.1. The van der Waals surface area contributed by atoms with Crippen LogP contribution in [0.3, 0.4) is 0 Å². The Kier molecular flexibility index (Phi) is 5.43. The van der Waals surface area contributed by atoms with Gasteiger partial charge in [0.05, 0.1) is 18.0 Å². The van der Waals surface area contributed by atoms with E-state index in [1.165, 1.54) is 36.8 Å². The van der Waals surface area contributed by atoms with Crippen LogP contribution in [0.25, 0.3) is 11.1 Å². The van der Waals surface area contributed by atoms with Gasteiger partial charge in [-0.2, -0.15) is 5.26 Å². The summed E-state index contributed by atoms with van der Waals surface area (Å²) in [6, 6.07) is 18.7. The highest BCUT2D eigenvalue weighted by molar-refractivity contribution is 5.64. The third-order valence-electron chi connectivity index (χ3n) is 5.13. The van der Waals surface area contributed by atoms with Crippen LogP contribution >= 0.6 is 0 Å². The fourth-order valence-corrected chi connectivity index (χ4v) is 3.66. The van der Waals surface area contributed by atoms with E-state index in [4.69, 9.17) is 5.26 Å². The van der Waals surface area contributed by atoms with Crippen molar-refractivity contribution < 1.29 is 4.39 Å². The molecule has 0 N–H and O–H groups in total. The molecule has 0 aromatic heterocycles. The molecule has 1 aliphatic carbocycles. The predicted molar refractivity (Wildman–Crippen MR) is 96.2 cm³/mol. The van der Waals surface area contributed by atoms with E-state index in [1.807, 2.05) is 24.3 Å².